The predicted octanol–water partition coefficient (Wildman–Crippen LogP) is 3.26. The molecule has 3 rings (SSSR count). The Hall–Kier alpha value is -2.86. The smallest absolute Gasteiger partial charge is 0.256 e. The maximum Gasteiger partial charge on any atom is 0.256 e. The van der Waals surface area contributed by atoms with E-state index < -0.39 is 11.7 Å². The number of pyridine rings is 1. The van der Waals surface area contributed by atoms with Crippen molar-refractivity contribution in [3.63, 3.8) is 0 Å². The summed E-state index contributed by atoms with van der Waals surface area (Å²) < 4.78 is 18.9. The molecule has 2 aromatic carbocycles. The summed E-state index contributed by atoms with van der Waals surface area (Å²) in [4.78, 5) is 27.0. The molecule has 0 aliphatic rings. The second kappa shape index (κ2) is 6.94. The van der Waals surface area contributed by atoms with Crippen LogP contribution in [0.3, 0.4) is 0 Å². The predicted molar refractivity (Wildman–Crippen MR) is 93.7 cm³/mol. The molecule has 128 valence electrons. The molecule has 5 nitrogen and oxygen atoms in total. The summed E-state index contributed by atoms with van der Waals surface area (Å²) in [5.41, 5.74) is 0.403. The van der Waals surface area contributed by atoms with Crippen molar-refractivity contribution >= 4 is 28.4 Å². The summed E-state index contributed by atoms with van der Waals surface area (Å²) in [5.74, 6) is -0.761. The van der Waals surface area contributed by atoms with Crippen LogP contribution in [0.1, 0.15) is 15.9 Å². The minimum Gasteiger partial charge on any atom is -0.497 e. The van der Waals surface area contributed by atoms with Gasteiger partial charge in [-0.25, -0.2) is 4.39 Å². The van der Waals surface area contributed by atoms with Crippen molar-refractivity contribution < 1.29 is 13.9 Å². The molecule has 0 atom stereocenters. The number of carbonyl (C=O) groups excluding carboxylic acids is 1. The van der Waals surface area contributed by atoms with E-state index in [0.717, 1.165) is 11.5 Å². The van der Waals surface area contributed by atoms with Crippen LogP contribution in [0.15, 0.2) is 47.3 Å². The average Bonchev–Trinajstić information content (AvgIpc) is 2.59. The standard InChI is InChI=1S/C18H14ClFN2O3/c1-25-12-5-6-15-10(8-12)7-11(17(23)22-15)9-21-18(24)16-13(19)3-2-4-14(16)20/h2-8H,9H2,1H3,(H,21,24)(H,22,23). The SMILES string of the molecule is COc1ccc2[nH]c(=O)c(CNC(=O)c3c(F)cccc3Cl)cc2c1. The lowest BCUT2D eigenvalue weighted by Gasteiger charge is -2.09. The molecular formula is C18H14ClFN2O3. The summed E-state index contributed by atoms with van der Waals surface area (Å²) in [5, 5.41) is 3.28. The number of benzene rings is 2. The van der Waals surface area contributed by atoms with E-state index in [1.54, 1.807) is 31.4 Å². The third-order valence-electron chi connectivity index (χ3n) is 3.76. The van der Waals surface area contributed by atoms with Gasteiger partial charge in [-0.15, -0.1) is 0 Å². The highest BCUT2D eigenvalue weighted by Gasteiger charge is 2.16. The molecule has 0 aliphatic carbocycles. The Balaban J connectivity index is 1.86. The van der Waals surface area contributed by atoms with Crippen molar-refractivity contribution in [3.05, 3.63) is 74.8 Å². The highest BCUT2D eigenvalue weighted by Crippen LogP contribution is 2.20. The fraction of sp³-hybridized carbons (Fsp3) is 0.111. The molecule has 2 N–H and O–H groups in total. The first-order chi connectivity index (χ1) is 12.0. The van der Waals surface area contributed by atoms with Gasteiger partial charge in [-0.1, -0.05) is 17.7 Å². The summed E-state index contributed by atoms with van der Waals surface area (Å²) >= 11 is 5.87. The van der Waals surface area contributed by atoms with Crippen LogP contribution < -0.4 is 15.6 Å². The largest absolute Gasteiger partial charge is 0.497 e. The zero-order chi connectivity index (χ0) is 18.0. The van der Waals surface area contributed by atoms with Crippen molar-refractivity contribution in [1.29, 1.82) is 0 Å². The quantitative estimate of drug-likeness (QED) is 0.750. The summed E-state index contributed by atoms with van der Waals surface area (Å²) in [6, 6.07) is 10.9. The lowest BCUT2D eigenvalue weighted by Crippen LogP contribution is -2.27. The Morgan fingerprint density at radius 1 is 1.28 bits per heavy atom. The van der Waals surface area contributed by atoms with Crippen molar-refractivity contribution in [3.8, 4) is 5.75 Å². The van der Waals surface area contributed by atoms with Crippen LogP contribution in [0.5, 0.6) is 5.75 Å². The third kappa shape index (κ3) is 3.49. The van der Waals surface area contributed by atoms with Crippen LogP contribution in [0, 0.1) is 5.82 Å². The van der Waals surface area contributed by atoms with Gasteiger partial charge in [0.25, 0.3) is 11.5 Å². The maximum absolute atomic E-state index is 13.8. The minimum absolute atomic E-state index is 0.00894. The van der Waals surface area contributed by atoms with E-state index in [-0.39, 0.29) is 22.7 Å². The van der Waals surface area contributed by atoms with Gasteiger partial charge in [0.2, 0.25) is 0 Å². The zero-order valence-electron chi connectivity index (χ0n) is 13.2. The number of hydrogen-bond acceptors (Lipinski definition) is 3. The number of hydrogen-bond donors (Lipinski definition) is 2. The van der Waals surface area contributed by atoms with Gasteiger partial charge in [0, 0.05) is 23.0 Å². The minimum atomic E-state index is -0.720. The van der Waals surface area contributed by atoms with Crippen LogP contribution in [-0.2, 0) is 6.54 Å². The van der Waals surface area contributed by atoms with Crippen molar-refractivity contribution in [2.45, 2.75) is 6.54 Å². The van der Waals surface area contributed by atoms with Gasteiger partial charge in [0.15, 0.2) is 0 Å². The number of nitrogens with one attached hydrogen (secondary N) is 2. The first kappa shape index (κ1) is 17.0. The normalized spacial score (nSPS) is 10.7. The molecule has 1 heterocycles. The van der Waals surface area contributed by atoms with E-state index in [4.69, 9.17) is 16.3 Å². The Labute approximate surface area is 147 Å². The van der Waals surface area contributed by atoms with Gasteiger partial charge in [-0.2, -0.15) is 0 Å². The highest BCUT2D eigenvalue weighted by molar-refractivity contribution is 6.33. The van der Waals surface area contributed by atoms with Gasteiger partial charge in [-0.3, -0.25) is 9.59 Å². The lowest BCUT2D eigenvalue weighted by molar-refractivity contribution is 0.0947. The molecule has 0 saturated heterocycles. The fourth-order valence-electron chi connectivity index (χ4n) is 2.47. The van der Waals surface area contributed by atoms with Gasteiger partial charge in [0.1, 0.15) is 11.6 Å². The topological polar surface area (TPSA) is 71.2 Å². The van der Waals surface area contributed by atoms with E-state index in [1.807, 2.05) is 0 Å². The molecule has 1 amide bonds. The van der Waals surface area contributed by atoms with Crippen LogP contribution in [0.25, 0.3) is 10.9 Å². The molecule has 25 heavy (non-hydrogen) atoms. The third-order valence-corrected chi connectivity index (χ3v) is 4.07. The fourth-order valence-corrected chi connectivity index (χ4v) is 2.72. The molecule has 0 radical (unpaired) electrons. The van der Waals surface area contributed by atoms with Gasteiger partial charge in [0.05, 0.1) is 17.7 Å². The molecule has 1 aromatic heterocycles. The molecule has 0 bridgehead atoms. The second-order valence-electron chi connectivity index (χ2n) is 5.36. The molecule has 0 aliphatic heterocycles. The van der Waals surface area contributed by atoms with E-state index in [2.05, 4.69) is 10.3 Å². The summed E-state index contributed by atoms with van der Waals surface area (Å²) in [6.07, 6.45) is 0. The van der Waals surface area contributed by atoms with Crippen LogP contribution in [0.2, 0.25) is 5.02 Å². The second-order valence-corrected chi connectivity index (χ2v) is 5.76. The monoisotopic (exact) mass is 360 g/mol. The number of aromatic amines is 1. The van der Waals surface area contributed by atoms with E-state index in [9.17, 15) is 14.0 Å². The van der Waals surface area contributed by atoms with E-state index >= 15 is 0 Å². The van der Waals surface area contributed by atoms with Crippen molar-refractivity contribution in [1.82, 2.24) is 10.3 Å². The number of methoxy groups -OCH3 is 1. The van der Waals surface area contributed by atoms with Gasteiger partial charge in [-0.05, 0) is 36.4 Å². The Morgan fingerprint density at radius 2 is 2.08 bits per heavy atom. The molecular weight excluding hydrogens is 347 g/mol. The van der Waals surface area contributed by atoms with Crippen molar-refractivity contribution in [2.75, 3.05) is 7.11 Å². The number of H-pyrrole nitrogens is 1. The molecule has 0 saturated carbocycles. The molecule has 0 fully saturated rings. The van der Waals surface area contributed by atoms with E-state index in [1.165, 1.54) is 12.1 Å². The Morgan fingerprint density at radius 3 is 2.80 bits per heavy atom. The average molecular weight is 361 g/mol. The Bertz CT molecular complexity index is 997. The summed E-state index contributed by atoms with van der Waals surface area (Å²) in [7, 11) is 1.55. The number of fused-ring (bicyclic) bond motifs is 1. The lowest BCUT2D eigenvalue weighted by atomic mass is 10.1. The molecule has 3 aromatic rings. The van der Waals surface area contributed by atoms with Crippen LogP contribution in [0.4, 0.5) is 4.39 Å². The van der Waals surface area contributed by atoms with E-state index in [0.29, 0.717) is 16.8 Å². The van der Waals surface area contributed by atoms with Crippen molar-refractivity contribution in [2.24, 2.45) is 0 Å². The number of rotatable bonds is 4. The number of aromatic nitrogens is 1. The Kier molecular flexibility index (Phi) is 4.72. The maximum atomic E-state index is 13.8. The molecule has 7 heteroatoms. The van der Waals surface area contributed by atoms with Gasteiger partial charge >= 0.3 is 0 Å². The van der Waals surface area contributed by atoms with Crippen LogP contribution in [-0.4, -0.2) is 18.0 Å². The van der Waals surface area contributed by atoms with Crippen LogP contribution >= 0.6 is 11.6 Å². The zero-order valence-corrected chi connectivity index (χ0v) is 14.0. The molecule has 0 spiro atoms. The molecule has 0 unspecified atom stereocenters. The number of ether oxygens (including phenoxy) is 1. The number of amides is 1. The highest BCUT2D eigenvalue weighted by atomic mass is 35.5. The number of carbonyl (C=O) groups is 1. The first-order valence-electron chi connectivity index (χ1n) is 7.42. The number of halogens is 2. The first-order valence-corrected chi connectivity index (χ1v) is 7.79. The summed E-state index contributed by atoms with van der Waals surface area (Å²) in [6.45, 7) is -0.0635. The van der Waals surface area contributed by atoms with Gasteiger partial charge < -0.3 is 15.0 Å².